The van der Waals surface area contributed by atoms with Crippen LogP contribution in [0.3, 0.4) is 0 Å². The minimum atomic E-state index is -0.325. The third-order valence-corrected chi connectivity index (χ3v) is 2.41. The lowest BCUT2D eigenvalue weighted by molar-refractivity contribution is -0.147. The quantitative estimate of drug-likeness (QED) is 0.559. The Morgan fingerprint density at radius 2 is 2.40 bits per heavy atom. The van der Waals surface area contributed by atoms with Crippen molar-refractivity contribution >= 4 is 5.97 Å². The molecule has 1 fully saturated rings. The van der Waals surface area contributed by atoms with E-state index in [4.69, 9.17) is 5.73 Å². The molecule has 1 saturated carbocycles. The van der Waals surface area contributed by atoms with Crippen LogP contribution < -0.4 is 5.73 Å². The molecule has 3 nitrogen and oxygen atoms in total. The van der Waals surface area contributed by atoms with E-state index in [9.17, 15) is 4.79 Å². The number of carbonyl (C=O) groups excluding carboxylic acids is 1. The van der Waals surface area contributed by atoms with E-state index in [1.165, 1.54) is 7.11 Å². The van der Waals surface area contributed by atoms with Crippen molar-refractivity contribution in [3.63, 3.8) is 0 Å². The summed E-state index contributed by atoms with van der Waals surface area (Å²) < 4.78 is 4.62. The van der Waals surface area contributed by atoms with Gasteiger partial charge in [-0.15, -0.1) is 0 Å². The molecule has 1 aliphatic carbocycles. The van der Waals surface area contributed by atoms with Gasteiger partial charge in [0.2, 0.25) is 0 Å². The Labute approximate surface area is 60.5 Å². The van der Waals surface area contributed by atoms with E-state index >= 15 is 0 Å². The van der Waals surface area contributed by atoms with Crippen molar-refractivity contribution in [3.8, 4) is 0 Å². The predicted octanol–water partition coefficient (Wildman–Crippen LogP) is 0.144. The molecule has 1 rings (SSSR count). The molecule has 2 N–H and O–H groups in total. The first-order chi connectivity index (χ1) is 4.67. The summed E-state index contributed by atoms with van der Waals surface area (Å²) in [4.78, 5) is 11.0. The topological polar surface area (TPSA) is 52.3 Å². The van der Waals surface area contributed by atoms with Crippen molar-refractivity contribution in [2.24, 2.45) is 17.1 Å². The van der Waals surface area contributed by atoms with Crippen LogP contribution in [0.4, 0.5) is 0 Å². The van der Waals surface area contributed by atoms with Gasteiger partial charge in [-0.1, -0.05) is 6.92 Å². The number of hydrogen-bond acceptors (Lipinski definition) is 3. The molecule has 0 saturated heterocycles. The second-order valence-electron chi connectivity index (χ2n) is 2.96. The first kappa shape index (κ1) is 7.54. The van der Waals surface area contributed by atoms with Crippen molar-refractivity contribution in [3.05, 3.63) is 0 Å². The van der Waals surface area contributed by atoms with E-state index in [1.54, 1.807) is 0 Å². The maximum atomic E-state index is 11.0. The van der Waals surface area contributed by atoms with Crippen molar-refractivity contribution < 1.29 is 9.53 Å². The normalized spacial score (nSPS) is 37.3. The molecule has 0 aliphatic heterocycles. The van der Waals surface area contributed by atoms with Crippen molar-refractivity contribution in [2.75, 3.05) is 13.7 Å². The van der Waals surface area contributed by atoms with Crippen LogP contribution in [-0.4, -0.2) is 19.6 Å². The van der Waals surface area contributed by atoms with E-state index < -0.39 is 0 Å². The number of carbonyl (C=O) groups is 1. The summed E-state index contributed by atoms with van der Waals surface area (Å²) in [6, 6.07) is 0. The summed E-state index contributed by atoms with van der Waals surface area (Å²) in [5.41, 5.74) is 5.11. The zero-order valence-electron chi connectivity index (χ0n) is 6.39. The maximum Gasteiger partial charge on any atom is 0.313 e. The molecule has 0 amide bonds. The van der Waals surface area contributed by atoms with E-state index in [0.29, 0.717) is 12.5 Å². The van der Waals surface area contributed by atoms with Gasteiger partial charge in [-0.3, -0.25) is 4.79 Å². The highest BCUT2D eigenvalue weighted by atomic mass is 16.5. The van der Waals surface area contributed by atoms with Gasteiger partial charge in [0.25, 0.3) is 0 Å². The summed E-state index contributed by atoms with van der Waals surface area (Å²) in [7, 11) is 1.41. The Morgan fingerprint density at radius 1 is 1.90 bits per heavy atom. The predicted molar refractivity (Wildman–Crippen MR) is 37.3 cm³/mol. The van der Waals surface area contributed by atoms with Gasteiger partial charge in [0.15, 0.2) is 0 Å². The van der Waals surface area contributed by atoms with E-state index in [0.717, 1.165) is 6.42 Å². The van der Waals surface area contributed by atoms with Gasteiger partial charge in [-0.05, 0) is 12.3 Å². The van der Waals surface area contributed by atoms with Crippen LogP contribution in [-0.2, 0) is 9.53 Å². The van der Waals surface area contributed by atoms with E-state index in [2.05, 4.69) is 4.74 Å². The molecule has 0 bridgehead atoms. The van der Waals surface area contributed by atoms with Crippen LogP contribution in [0.1, 0.15) is 13.3 Å². The lowest BCUT2D eigenvalue weighted by atomic mass is 10.1. The molecule has 0 radical (unpaired) electrons. The Bertz CT molecular complexity index is 154. The fourth-order valence-corrected chi connectivity index (χ4v) is 1.34. The van der Waals surface area contributed by atoms with Crippen molar-refractivity contribution in [1.29, 1.82) is 0 Å². The number of rotatable bonds is 2. The molecule has 58 valence electrons. The number of ether oxygens (including phenoxy) is 1. The minimum Gasteiger partial charge on any atom is -0.469 e. The lowest BCUT2D eigenvalue weighted by Crippen LogP contribution is -2.28. The molecule has 0 unspecified atom stereocenters. The fraction of sp³-hybridized carbons (Fsp3) is 0.857. The van der Waals surface area contributed by atoms with Crippen LogP contribution in [0, 0.1) is 11.3 Å². The van der Waals surface area contributed by atoms with Gasteiger partial charge in [-0.2, -0.15) is 0 Å². The molecule has 3 heteroatoms. The molecule has 10 heavy (non-hydrogen) atoms. The van der Waals surface area contributed by atoms with Crippen LogP contribution in [0.15, 0.2) is 0 Å². The summed E-state index contributed by atoms with van der Waals surface area (Å²) in [5.74, 6) is 0.257. The van der Waals surface area contributed by atoms with Crippen LogP contribution in [0.5, 0.6) is 0 Å². The van der Waals surface area contributed by atoms with Gasteiger partial charge in [0.1, 0.15) is 0 Å². The standard InChI is InChI=1S/C7H13NO2/c1-5-3-7(5,4-8)6(9)10-2/h5H,3-4,8H2,1-2H3/t5-,7+/m0/s1. The largest absolute Gasteiger partial charge is 0.469 e. The molecular weight excluding hydrogens is 130 g/mol. The molecule has 0 aromatic heterocycles. The smallest absolute Gasteiger partial charge is 0.313 e. The van der Waals surface area contributed by atoms with Gasteiger partial charge in [-0.25, -0.2) is 0 Å². The highest BCUT2D eigenvalue weighted by Crippen LogP contribution is 2.51. The first-order valence-corrected chi connectivity index (χ1v) is 3.46. The minimum absolute atomic E-state index is 0.150. The number of nitrogens with two attached hydrogens (primary N) is 1. The Morgan fingerprint density at radius 3 is 2.50 bits per heavy atom. The summed E-state index contributed by atoms with van der Waals surface area (Å²) in [5, 5.41) is 0. The number of methoxy groups -OCH3 is 1. The maximum absolute atomic E-state index is 11.0. The van der Waals surface area contributed by atoms with Crippen LogP contribution in [0.2, 0.25) is 0 Å². The lowest BCUT2D eigenvalue weighted by Gasteiger charge is -2.09. The van der Waals surface area contributed by atoms with Crippen molar-refractivity contribution in [1.82, 2.24) is 0 Å². The first-order valence-electron chi connectivity index (χ1n) is 3.46. The average molecular weight is 143 g/mol. The highest BCUT2D eigenvalue weighted by molar-refractivity contribution is 5.80. The van der Waals surface area contributed by atoms with Crippen LogP contribution in [0.25, 0.3) is 0 Å². The zero-order valence-corrected chi connectivity index (χ0v) is 6.39. The van der Waals surface area contributed by atoms with Gasteiger partial charge in [0.05, 0.1) is 12.5 Å². The average Bonchev–Trinajstić information content (AvgIpc) is 2.61. The van der Waals surface area contributed by atoms with E-state index in [1.807, 2.05) is 6.92 Å². The zero-order chi connectivity index (χ0) is 7.78. The van der Waals surface area contributed by atoms with Gasteiger partial charge in [0, 0.05) is 6.54 Å². The Balaban J connectivity index is 2.60. The summed E-state index contributed by atoms with van der Waals surface area (Å²) in [6.07, 6.45) is 0.885. The fourth-order valence-electron chi connectivity index (χ4n) is 1.34. The third kappa shape index (κ3) is 0.814. The SMILES string of the molecule is COC(=O)[C@@]1(CN)C[C@@H]1C. The summed E-state index contributed by atoms with van der Waals surface area (Å²) in [6.45, 7) is 2.44. The summed E-state index contributed by atoms with van der Waals surface area (Å²) >= 11 is 0. The van der Waals surface area contributed by atoms with Crippen LogP contribution >= 0.6 is 0 Å². The van der Waals surface area contributed by atoms with Gasteiger partial charge >= 0.3 is 5.97 Å². The molecule has 2 atom stereocenters. The third-order valence-electron chi connectivity index (χ3n) is 2.41. The van der Waals surface area contributed by atoms with E-state index in [-0.39, 0.29) is 11.4 Å². The molecule has 1 aliphatic rings. The highest BCUT2D eigenvalue weighted by Gasteiger charge is 2.57. The molecule has 0 heterocycles. The Kier molecular flexibility index (Phi) is 1.68. The van der Waals surface area contributed by atoms with Gasteiger partial charge < -0.3 is 10.5 Å². The number of hydrogen-bond donors (Lipinski definition) is 1. The Hall–Kier alpha value is -0.570. The molecular formula is C7H13NO2. The second-order valence-corrected chi connectivity index (χ2v) is 2.96. The monoisotopic (exact) mass is 143 g/mol. The number of esters is 1. The van der Waals surface area contributed by atoms with Crippen molar-refractivity contribution in [2.45, 2.75) is 13.3 Å². The second kappa shape index (κ2) is 2.23. The molecule has 0 aromatic rings. The molecule has 0 spiro atoms. The molecule has 0 aromatic carbocycles.